The number of benzene rings is 2. The Morgan fingerprint density at radius 3 is 2.40 bits per heavy atom. The van der Waals surface area contributed by atoms with Crippen LogP contribution in [0.5, 0.6) is 0 Å². The van der Waals surface area contributed by atoms with E-state index in [0.29, 0.717) is 13.0 Å². The second-order valence-corrected chi connectivity index (χ2v) is 8.06. The van der Waals surface area contributed by atoms with Gasteiger partial charge in [-0.3, -0.25) is 9.79 Å². The SMILES string of the molecule is CCc1cc(F)ccc1CCCC(=O)c1cc(/C(COC(C)C)=N\C)c(C)cc1C. The maximum atomic E-state index is 13.4. The van der Waals surface area contributed by atoms with Crippen LogP contribution in [0.3, 0.4) is 0 Å². The number of hydrogen-bond donors (Lipinski definition) is 0. The van der Waals surface area contributed by atoms with Gasteiger partial charge in [-0.2, -0.15) is 0 Å². The predicted octanol–water partition coefficient (Wildman–Crippen LogP) is 6.05. The first-order valence-corrected chi connectivity index (χ1v) is 10.8. The zero-order valence-electron chi connectivity index (χ0n) is 19.1. The van der Waals surface area contributed by atoms with Gasteiger partial charge in [0.15, 0.2) is 5.78 Å². The quantitative estimate of drug-likeness (QED) is 0.352. The lowest BCUT2D eigenvalue weighted by Crippen LogP contribution is -2.17. The number of aliphatic imine (C=N–C) groups is 1. The van der Waals surface area contributed by atoms with Crippen molar-refractivity contribution in [2.75, 3.05) is 13.7 Å². The predicted molar refractivity (Wildman–Crippen MR) is 123 cm³/mol. The largest absolute Gasteiger partial charge is 0.372 e. The van der Waals surface area contributed by atoms with Gasteiger partial charge in [-0.25, -0.2) is 4.39 Å². The Balaban J connectivity index is 2.13. The summed E-state index contributed by atoms with van der Waals surface area (Å²) < 4.78 is 19.2. The van der Waals surface area contributed by atoms with Gasteiger partial charge in [0.2, 0.25) is 0 Å². The first kappa shape index (κ1) is 23.9. The second kappa shape index (κ2) is 11.2. The molecular weight excluding hydrogens is 377 g/mol. The molecular formula is C26H34FNO2. The third-order valence-electron chi connectivity index (χ3n) is 5.41. The zero-order valence-corrected chi connectivity index (χ0v) is 19.1. The molecule has 0 atom stereocenters. The van der Waals surface area contributed by atoms with Crippen molar-refractivity contribution in [2.24, 2.45) is 4.99 Å². The van der Waals surface area contributed by atoms with E-state index in [2.05, 4.69) is 11.1 Å². The summed E-state index contributed by atoms with van der Waals surface area (Å²) in [6.45, 7) is 10.5. The molecule has 0 aliphatic carbocycles. The normalized spacial score (nSPS) is 11.9. The molecule has 0 aliphatic heterocycles. The summed E-state index contributed by atoms with van der Waals surface area (Å²) in [6.07, 6.45) is 2.89. The van der Waals surface area contributed by atoms with Gasteiger partial charge in [-0.15, -0.1) is 0 Å². The average molecular weight is 412 g/mol. The number of carbonyl (C=O) groups excluding carboxylic acids is 1. The fourth-order valence-electron chi connectivity index (χ4n) is 3.71. The summed E-state index contributed by atoms with van der Waals surface area (Å²) in [5, 5.41) is 0. The molecule has 0 N–H and O–H groups in total. The van der Waals surface area contributed by atoms with Crippen molar-refractivity contribution in [3.05, 3.63) is 69.5 Å². The third kappa shape index (κ3) is 6.33. The molecule has 0 fully saturated rings. The minimum atomic E-state index is -0.204. The van der Waals surface area contributed by atoms with Crippen LogP contribution < -0.4 is 0 Å². The average Bonchev–Trinajstić information content (AvgIpc) is 2.70. The van der Waals surface area contributed by atoms with E-state index in [1.165, 1.54) is 6.07 Å². The Morgan fingerprint density at radius 2 is 1.77 bits per heavy atom. The lowest BCUT2D eigenvalue weighted by Gasteiger charge is -2.15. The summed E-state index contributed by atoms with van der Waals surface area (Å²) >= 11 is 0. The molecule has 0 aromatic heterocycles. The first-order chi connectivity index (χ1) is 14.3. The van der Waals surface area contributed by atoms with Crippen molar-refractivity contribution in [1.29, 1.82) is 0 Å². The molecule has 0 unspecified atom stereocenters. The minimum Gasteiger partial charge on any atom is -0.372 e. The topological polar surface area (TPSA) is 38.7 Å². The number of ether oxygens (including phenoxy) is 1. The summed E-state index contributed by atoms with van der Waals surface area (Å²) in [6, 6.07) is 8.95. The molecule has 30 heavy (non-hydrogen) atoms. The van der Waals surface area contributed by atoms with E-state index in [0.717, 1.165) is 58.4 Å². The van der Waals surface area contributed by atoms with Crippen LogP contribution in [0.2, 0.25) is 0 Å². The highest BCUT2D eigenvalue weighted by atomic mass is 19.1. The summed E-state index contributed by atoms with van der Waals surface area (Å²) in [5.74, 6) is -0.0709. The summed E-state index contributed by atoms with van der Waals surface area (Å²) in [5.41, 5.74) is 6.79. The highest BCUT2D eigenvalue weighted by molar-refractivity contribution is 6.06. The Morgan fingerprint density at radius 1 is 1.07 bits per heavy atom. The Labute approximate surface area is 180 Å². The summed E-state index contributed by atoms with van der Waals surface area (Å²) in [7, 11) is 1.76. The Kier molecular flexibility index (Phi) is 8.91. The standard InChI is InChI=1S/C26H34FNO2/c1-7-20-14-22(27)12-11-21(20)9-8-10-26(29)24-15-23(18(4)13-19(24)5)25(28-6)16-30-17(2)3/h11-15,17H,7-10,16H2,1-6H3/b28-25-. The molecule has 0 radical (unpaired) electrons. The number of carbonyl (C=O) groups is 1. The smallest absolute Gasteiger partial charge is 0.163 e. The van der Waals surface area contributed by atoms with E-state index in [-0.39, 0.29) is 17.7 Å². The third-order valence-corrected chi connectivity index (χ3v) is 5.41. The van der Waals surface area contributed by atoms with Gasteiger partial charge in [0.25, 0.3) is 0 Å². The van der Waals surface area contributed by atoms with E-state index < -0.39 is 0 Å². The van der Waals surface area contributed by atoms with Gasteiger partial charge in [-0.1, -0.05) is 19.1 Å². The van der Waals surface area contributed by atoms with Crippen LogP contribution in [0.4, 0.5) is 4.39 Å². The number of nitrogens with zero attached hydrogens (tertiary/aromatic N) is 1. The molecule has 3 nitrogen and oxygen atoms in total. The fourth-order valence-corrected chi connectivity index (χ4v) is 3.71. The number of halogens is 1. The van der Waals surface area contributed by atoms with Gasteiger partial charge < -0.3 is 4.74 Å². The van der Waals surface area contributed by atoms with Gasteiger partial charge in [0.1, 0.15) is 5.82 Å². The van der Waals surface area contributed by atoms with Crippen molar-refractivity contribution in [1.82, 2.24) is 0 Å². The van der Waals surface area contributed by atoms with E-state index >= 15 is 0 Å². The van der Waals surface area contributed by atoms with Crippen LogP contribution in [0.1, 0.15) is 71.8 Å². The zero-order chi connectivity index (χ0) is 22.3. The molecule has 0 spiro atoms. The maximum absolute atomic E-state index is 13.4. The lowest BCUT2D eigenvalue weighted by atomic mass is 9.92. The number of ketones is 1. The Hall–Kier alpha value is -2.33. The van der Waals surface area contributed by atoms with Crippen molar-refractivity contribution >= 4 is 11.5 Å². The molecule has 0 saturated carbocycles. The number of aryl methyl sites for hydroxylation is 4. The van der Waals surface area contributed by atoms with Gasteiger partial charge in [0, 0.05) is 24.6 Å². The van der Waals surface area contributed by atoms with E-state index in [1.54, 1.807) is 13.1 Å². The molecule has 162 valence electrons. The molecule has 2 aromatic carbocycles. The molecule has 0 aliphatic rings. The van der Waals surface area contributed by atoms with Crippen LogP contribution in [-0.4, -0.2) is 31.3 Å². The number of hydrogen-bond acceptors (Lipinski definition) is 3. The monoisotopic (exact) mass is 411 g/mol. The molecule has 0 amide bonds. The summed E-state index contributed by atoms with van der Waals surface area (Å²) in [4.78, 5) is 17.4. The number of rotatable bonds is 10. The van der Waals surface area contributed by atoms with Crippen LogP contribution in [0.15, 0.2) is 35.3 Å². The molecule has 0 saturated heterocycles. The van der Waals surface area contributed by atoms with Crippen LogP contribution in [0, 0.1) is 19.7 Å². The van der Waals surface area contributed by atoms with Crippen molar-refractivity contribution in [3.8, 4) is 0 Å². The van der Waals surface area contributed by atoms with Gasteiger partial charge >= 0.3 is 0 Å². The van der Waals surface area contributed by atoms with Gasteiger partial charge in [0.05, 0.1) is 18.4 Å². The van der Waals surface area contributed by atoms with Gasteiger partial charge in [-0.05, 0) is 87.4 Å². The van der Waals surface area contributed by atoms with E-state index in [9.17, 15) is 9.18 Å². The van der Waals surface area contributed by atoms with E-state index in [4.69, 9.17) is 4.74 Å². The van der Waals surface area contributed by atoms with Crippen molar-refractivity contribution in [3.63, 3.8) is 0 Å². The number of Topliss-reactive ketones (excluding diaryl/α,β-unsaturated/α-hetero) is 1. The van der Waals surface area contributed by atoms with Crippen LogP contribution in [-0.2, 0) is 17.6 Å². The van der Waals surface area contributed by atoms with E-state index in [1.807, 2.05) is 46.8 Å². The molecule has 0 bridgehead atoms. The van der Waals surface area contributed by atoms with Crippen LogP contribution in [0.25, 0.3) is 0 Å². The van der Waals surface area contributed by atoms with Crippen molar-refractivity contribution in [2.45, 2.75) is 66.4 Å². The van der Waals surface area contributed by atoms with Crippen molar-refractivity contribution < 1.29 is 13.9 Å². The van der Waals surface area contributed by atoms with Crippen LogP contribution >= 0.6 is 0 Å². The molecule has 0 heterocycles. The molecule has 2 rings (SSSR count). The lowest BCUT2D eigenvalue weighted by molar-refractivity contribution is 0.0979. The maximum Gasteiger partial charge on any atom is 0.163 e. The Bertz CT molecular complexity index is 915. The highest BCUT2D eigenvalue weighted by Crippen LogP contribution is 2.21. The second-order valence-electron chi connectivity index (χ2n) is 8.06. The molecule has 4 heteroatoms. The fraction of sp³-hybridized carbons (Fsp3) is 0.462. The first-order valence-electron chi connectivity index (χ1n) is 10.8. The highest BCUT2D eigenvalue weighted by Gasteiger charge is 2.16. The minimum absolute atomic E-state index is 0.119. The molecule has 2 aromatic rings.